The van der Waals surface area contributed by atoms with Crippen LogP contribution in [-0.4, -0.2) is 47.7 Å². The molecule has 4 aromatic rings. The van der Waals surface area contributed by atoms with Crippen LogP contribution in [0.5, 0.6) is 5.75 Å². The molecule has 0 aliphatic rings. The Morgan fingerprint density at radius 1 is 1.09 bits per heavy atom. The van der Waals surface area contributed by atoms with Gasteiger partial charge < -0.3 is 15.0 Å². The van der Waals surface area contributed by atoms with Gasteiger partial charge in [0.25, 0.3) is 0 Å². The van der Waals surface area contributed by atoms with E-state index in [1.807, 2.05) is 74.9 Å². The number of nitrogens with zero attached hydrogens (tertiary/aromatic N) is 5. The van der Waals surface area contributed by atoms with E-state index >= 15 is 0 Å². The monoisotopic (exact) mass is 448 g/mol. The van der Waals surface area contributed by atoms with Crippen molar-refractivity contribution in [3.8, 4) is 11.4 Å². The maximum atomic E-state index is 14.5. The summed E-state index contributed by atoms with van der Waals surface area (Å²) in [6, 6.07) is 14.5. The van der Waals surface area contributed by atoms with Crippen molar-refractivity contribution in [1.29, 1.82) is 0 Å². The highest BCUT2D eigenvalue weighted by molar-refractivity contribution is 5.92. The molecule has 8 heteroatoms. The number of rotatable bonds is 8. The summed E-state index contributed by atoms with van der Waals surface area (Å²) in [7, 11) is 5.73. The summed E-state index contributed by atoms with van der Waals surface area (Å²) in [5.74, 6) is 1.10. The molecular formula is C25H29FN6O. The van der Waals surface area contributed by atoms with E-state index in [-0.39, 0.29) is 5.82 Å². The molecule has 0 bridgehead atoms. The predicted octanol–water partition coefficient (Wildman–Crippen LogP) is 4.37. The highest BCUT2D eigenvalue weighted by atomic mass is 19.1. The molecule has 0 aliphatic heterocycles. The molecule has 0 fully saturated rings. The lowest BCUT2D eigenvalue weighted by Crippen LogP contribution is -2.17. The zero-order valence-corrected chi connectivity index (χ0v) is 19.6. The van der Waals surface area contributed by atoms with E-state index in [0.29, 0.717) is 24.3 Å². The molecule has 2 heterocycles. The van der Waals surface area contributed by atoms with Gasteiger partial charge in [0, 0.05) is 32.1 Å². The van der Waals surface area contributed by atoms with Crippen molar-refractivity contribution < 1.29 is 9.13 Å². The largest absolute Gasteiger partial charge is 0.486 e. The average molecular weight is 449 g/mol. The second kappa shape index (κ2) is 9.54. The molecule has 2 aromatic heterocycles. The van der Waals surface area contributed by atoms with E-state index in [1.165, 1.54) is 6.07 Å². The van der Waals surface area contributed by atoms with E-state index in [9.17, 15) is 4.39 Å². The number of halogens is 1. The molecule has 33 heavy (non-hydrogen) atoms. The highest BCUT2D eigenvalue weighted by Crippen LogP contribution is 2.31. The third-order valence-corrected chi connectivity index (χ3v) is 5.66. The number of hydrogen-bond acceptors (Lipinski definition) is 6. The minimum absolute atomic E-state index is 0.268. The molecule has 2 aromatic carbocycles. The van der Waals surface area contributed by atoms with Gasteiger partial charge in [0.05, 0.1) is 22.5 Å². The molecule has 0 aliphatic carbocycles. The number of benzene rings is 2. The second-order valence-corrected chi connectivity index (χ2v) is 8.24. The van der Waals surface area contributed by atoms with E-state index in [4.69, 9.17) is 9.84 Å². The third kappa shape index (κ3) is 4.52. The smallest absolute Gasteiger partial charge is 0.179 e. The summed E-state index contributed by atoms with van der Waals surface area (Å²) in [5.41, 5.74) is 4.00. The Labute approximate surface area is 193 Å². The normalized spacial score (nSPS) is 12.2. The molecule has 7 nitrogen and oxygen atoms in total. The van der Waals surface area contributed by atoms with Crippen molar-refractivity contribution in [3.63, 3.8) is 0 Å². The molecular weight excluding hydrogens is 419 g/mol. The molecule has 1 atom stereocenters. The van der Waals surface area contributed by atoms with E-state index in [2.05, 4.69) is 15.5 Å². The molecule has 4 rings (SSSR count). The third-order valence-electron chi connectivity index (χ3n) is 5.66. The van der Waals surface area contributed by atoms with Crippen LogP contribution in [0.1, 0.15) is 29.5 Å². The fraction of sp³-hybridized carbons (Fsp3) is 0.320. The summed E-state index contributed by atoms with van der Waals surface area (Å²) < 4.78 is 22.7. The van der Waals surface area contributed by atoms with Gasteiger partial charge in [0.1, 0.15) is 23.2 Å². The lowest BCUT2D eigenvalue weighted by atomic mass is 10.1. The fourth-order valence-electron chi connectivity index (χ4n) is 4.01. The molecule has 1 N–H and O–H groups in total. The Morgan fingerprint density at radius 2 is 1.88 bits per heavy atom. The first-order valence-electron chi connectivity index (χ1n) is 11.0. The van der Waals surface area contributed by atoms with Gasteiger partial charge in [-0.2, -0.15) is 10.2 Å². The first-order valence-corrected chi connectivity index (χ1v) is 11.0. The van der Waals surface area contributed by atoms with Crippen molar-refractivity contribution in [1.82, 2.24) is 25.3 Å². The van der Waals surface area contributed by atoms with E-state index < -0.39 is 6.10 Å². The van der Waals surface area contributed by atoms with Crippen LogP contribution in [0, 0.1) is 19.7 Å². The van der Waals surface area contributed by atoms with Gasteiger partial charge in [-0.15, -0.1) is 5.10 Å². The molecule has 0 spiro atoms. The number of hydrogen-bond donors (Lipinski definition) is 1. The molecule has 0 amide bonds. The second-order valence-electron chi connectivity index (χ2n) is 8.24. The van der Waals surface area contributed by atoms with Crippen molar-refractivity contribution >= 4 is 16.7 Å². The SMILES string of the molecule is CNCC[C@H](Oc1cccc(-n2nc3c(N(C)C)nnc(C)c3c2C)c1)c1ccccc1F. The topological polar surface area (TPSA) is 68.1 Å². The van der Waals surface area contributed by atoms with Crippen LogP contribution in [-0.2, 0) is 0 Å². The highest BCUT2D eigenvalue weighted by Gasteiger charge is 2.20. The van der Waals surface area contributed by atoms with Crippen LogP contribution < -0.4 is 15.0 Å². The van der Waals surface area contributed by atoms with Gasteiger partial charge in [0.15, 0.2) is 5.82 Å². The minimum atomic E-state index is -0.414. The van der Waals surface area contributed by atoms with Gasteiger partial charge >= 0.3 is 0 Å². The lowest BCUT2D eigenvalue weighted by molar-refractivity contribution is 0.190. The van der Waals surface area contributed by atoms with Crippen LogP contribution >= 0.6 is 0 Å². The quantitative estimate of drug-likeness (QED) is 0.432. The average Bonchev–Trinajstić information content (AvgIpc) is 3.15. The van der Waals surface area contributed by atoms with Crippen LogP contribution in [0.3, 0.4) is 0 Å². The van der Waals surface area contributed by atoms with Crippen molar-refractivity contribution in [2.24, 2.45) is 0 Å². The number of fused-ring (bicyclic) bond motifs is 1. The maximum absolute atomic E-state index is 14.5. The van der Waals surface area contributed by atoms with Crippen molar-refractivity contribution in [2.45, 2.75) is 26.4 Å². The molecule has 0 saturated heterocycles. The standard InChI is InChI=1S/C25H29FN6O/c1-16-23-17(2)32(30-24(23)25(29-28-16)31(4)5)18-9-8-10-19(15-18)33-22(13-14-27-3)20-11-6-7-12-21(20)26/h6-12,15,22,27H,13-14H2,1-5H3/t22-/m0/s1. The Balaban J connectivity index is 1.73. The summed E-state index contributed by atoms with van der Waals surface area (Å²) in [6.07, 6.45) is 0.220. The summed E-state index contributed by atoms with van der Waals surface area (Å²) in [4.78, 5) is 1.91. The maximum Gasteiger partial charge on any atom is 0.179 e. The molecule has 0 unspecified atom stereocenters. The molecule has 0 radical (unpaired) electrons. The summed E-state index contributed by atoms with van der Waals surface area (Å²) >= 11 is 0. The van der Waals surface area contributed by atoms with Crippen molar-refractivity contribution in [3.05, 3.63) is 71.3 Å². The number of nitrogens with one attached hydrogen (secondary N) is 1. The van der Waals surface area contributed by atoms with Crippen LogP contribution in [0.15, 0.2) is 48.5 Å². The van der Waals surface area contributed by atoms with Gasteiger partial charge in [-0.25, -0.2) is 9.07 Å². The first kappa shape index (κ1) is 22.7. The number of aromatic nitrogens is 4. The Kier molecular flexibility index (Phi) is 6.55. The van der Waals surface area contributed by atoms with Crippen molar-refractivity contribution in [2.75, 3.05) is 32.6 Å². The predicted molar refractivity (Wildman–Crippen MR) is 129 cm³/mol. The summed E-state index contributed by atoms with van der Waals surface area (Å²) in [6.45, 7) is 4.66. The Hall–Kier alpha value is -3.52. The number of ether oxygens (including phenoxy) is 1. The summed E-state index contributed by atoms with van der Waals surface area (Å²) in [5, 5.41) is 17.6. The number of aryl methyl sites for hydroxylation is 2. The van der Waals surface area contributed by atoms with Gasteiger partial charge in [0.2, 0.25) is 0 Å². The first-order chi connectivity index (χ1) is 15.9. The van der Waals surface area contributed by atoms with Crippen LogP contribution in [0.4, 0.5) is 10.2 Å². The van der Waals surface area contributed by atoms with Gasteiger partial charge in [-0.1, -0.05) is 24.3 Å². The molecule has 0 saturated carbocycles. The van der Waals surface area contributed by atoms with E-state index in [0.717, 1.165) is 33.8 Å². The van der Waals surface area contributed by atoms with Crippen LogP contribution in [0.2, 0.25) is 0 Å². The number of anilines is 1. The van der Waals surface area contributed by atoms with Gasteiger partial charge in [-0.3, -0.25) is 0 Å². The Morgan fingerprint density at radius 3 is 2.61 bits per heavy atom. The fourth-order valence-corrected chi connectivity index (χ4v) is 4.01. The van der Waals surface area contributed by atoms with Gasteiger partial charge in [-0.05, 0) is 45.6 Å². The lowest BCUT2D eigenvalue weighted by Gasteiger charge is -2.20. The van der Waals surface area contributed by atoms with Crippen LogP contribution in [0.25, 0.3) is 16.6 Å². The minimum Gasteiger partial charge on any atom is -0.486 e. The Bertz CT molecular complexity index is 1270. The van der Waals surface area contributed by atoms with E-state index in [1.54, 1.807) is 12.1 Å². The zero-order valence-electron chi connectivity index (χ0n) is 19.6. The zero-order chi connectivity index (χ0) is 23.5. The molecule has 172 valence electrons.